The number of hydrogen-bond acceptors (Lipinski definition) is 3. The Bertz CT molecular complexity index is 854. The molecule has 0 spiro atoms. The minimum Gasteiger partial charge on any atom is -0.357 e. The maximum absolute atomic E-state index is 12.6. The van der Waals surface area contributed by atoms with E-state index in [1.54, 1.807) is 12.4 Å². The van der Waals surface area contributed by atoms with E-state index in [4.69, 9.17) is 11.6 Å². The number of hydrogen-bond donors (Lipinski definition) is 2. The fourth-order valence-corrected chi connectivity index (χ4v) is 2.95. The molecule has 0 fully saturated rings. The standard InChI is InChI=1S/C17H20ClN5O/c1-3-5-6-23(4-2)17(24)13-7-11(8-19-13)15-14-12(18)9-20-16(14)22-10-21-15/h7-10,19H,3-6H2,1-2H3,(H,20,21,22). The van der Waals surface area contributed by atoms with Gasteiger partial charge in [-0.3, -0.25) is 4.79 Å². The van der Waals surface area contributed by atoms with Crippen LogP contribution in [0.1, 0.15) is 37.2 Å². The molecule has 0 unspecified atom stereocenters. The van der Waals surface area contributed by atoms with Crippen molar-refractivity contribution in [3.05, 3.63) is 35.5 Å². The highest BCUT2D eigenvalue weighted by Crippen LogP contribution is 2.31. The van der Waals surface area contributed by atoms with Crippen LogP contribution < -0.4 is 0 Å². The smallest absolute Gasteiger partial charge is 0.270 e. The van der Waals surface area contributed by atoms with E-state index in [-0.39, 0.29) is 5.91 Å². The lowest BCUT2D eigenvalue weighted by molar-refractivity contribution is 0.0757. The summed E-state index contributed by atoms with van der Waals surface area (Å²) in [6.07, 6.45) is 7.01. The summed E-state index contributed by atoms with van der Waals surface area (Å²) < 4.78 is 0. The third kappa shape index (κ3) is 3.01. The second-order valence-corrected chi connectivity index (χ2v) is 6.03. The summed E-state index contributed by atoms with van der Waals surface area (Å²) in [5, 5.41) is 1.32. The largest absolute Gasteiger partial charge is 0.357 e. The number of nitrogens with one attached hydrogen (secondary N) is 2. The molecule has 3 aromatic heterocycles. The van der Waals surface area contributed by atoms with E-state index in [0.29, 0.717) is 28.6 Å². The van der Waals surface area contributed by atoms with Gasteiger partial charge in [0.05, 0.1) is 16.1 Å². The van der Waals surface area contributed by atoms with Crippen LogP contribution in [0.3, 0.4) is 0 Å². The number of aromatic nitrogens is 4. The maximum atomic E-state index is 12.6. The molecular formula is C17H20ClN5O. The van der Waals surface area contributed by atoms with E-state index >= 15 is 0 Å². The number of rotatable bonds is 6. The van der Waals surface area contributed by atoms with Crippen LogP contribution in [-0.4, -0.2) is 43.8 Å². The molecule has 7 heteroatoms. The minimum atomic E-state index is 0.00247. The van der Waals surface area contributed by atoms with E-state index < -0.39 is 0 Å². The van der Waals surface area contributed by atoms with Crippen LogP contribution in [0.5, 0.6) is 0 Å². The van der Waals surface area contributed by atoms with Crippen molar-refractivity contribution < 1.29 is 4.79 Å². The lowest BCUT2D eigenvalue weighted by Crippen LogP contribution is -2.31. The molecule has 126 valence electrons. The van der Waals surface area contributed by atoms with Gasteiger partial charge in [0.2, 0.25) is 0 Å². The molecule has 0 saturated carbocycles. The monoisotopic (exact) mass is 345 g/mol. The first-order valence-electron chi connectivity index (χ1n) is 8.11. The van der Waals surface area contributed by atoms with E-state index in [1.165, 1.54) is 6.33 Å². The molecule has 0 bridgehead atoms. The molecule has 0 radical (unpaired) electrons. The Morgan fingerprint density at radius 3 is 2.83 bits per heavy atom. The Kier molecular flexibility index (Phi) is 4.85. The van der Waals surface area contributed by atoms with Gasteiger partial charge in [-0.2, -0.15) is 0 Å². The molecule has 0 aromatic carbocycles. The van der Waals surface area contributed by atoms with Gasteiger partial charge < -0.3 is 14.9 Å². The van der Waals surface area contributed by atoms with Crippen molar-refractivity contribution in [2.75, 3.05) is 13.1 Å². The Morgan fingerprint density at radius 1 is 1.25 bits per heavy atom. The number of unbranched alkanes of at least 4 members (excludes halogenated alkanes) is 1. The van der Waals surface area contributed by atoms with Gasteiger partial charge in [-0.25, -0.2) is 9.97 Å². The van der Waals surface area contributed by atoms with Crippen molar-refractivity contribution in [3.63, 3.8) is 0 Å². The van der Waals surface area contributed by atoms with Gasteiger partial charge in [0.15, 0.2) is 0 Å². The number of aromatic amines is 2. The van der Waals surface area contributed by atoms with Crippen LogP contribution in [0.25, 0.3) is 22.3 Å². The third-order valence-corrected chi connectivity index (χ3v) is 4.36. The second-order valence-electron chi connectivity index (χ2n) is 5.62. The summed E-state index contributed by atoms with van der Waals surface area (Å²) >= 11 is 6.23. The van der Waals surface area contributed by atoms with Crippen LogP contribution in [0.2, 0.25) is 5.02 Å². The van der Waals surface area contributed by atoms with Crippen LogP contribution in [-0.2, 0) is 0 Å². The summed E-state index contributed by atoms with van der Waals surface area (Å²) in [6, 6.07) is 1.82. The average molecular weight is 346 g/mol. The number of carbonyl (C=O) groups excluding carboxylic acids is 1. The Morgan fingerprint density at radius 2 is 2.08 bits per heavy atom. The van der Waals surface area contributed by atoms with Crippen LogP contribution in [0, 0.1) is 0 Å². The average Bonchev–Trinajstić information content (AvgIpc) is 3.23. The molecule has 6 nitrogen and oxygen atoms in total. The second kappa shape index (κ2) is 7.05. The van der Waals surface area contributed by atoms with Crippen molar-refractivity contribution in [2.24, 2.45) is 0 Å². The summed E-state index contributed by atoms with van der Waals surface area (Å²) in [7, 11) is 0. The molecule has 3 aromatic rings. The van der Waals surface area contributed by atoms with Gasteiger partial charge in [-0.05, 0) is 19.4 Å². The molecule has 2 N–H and O–H groups in total. The lowest BCUT2D eigenvalue weighted by atomic mass is 10.1. The molecule has 3 rings (SSSR count). The number of fused-ring (bicyclic) bond motifs is 1. The molecule has 0 aliphatic carbocycles. The molecule has 0 saturated heterocycles. The van der Waals surface area contributed by atoms with Crippen LogP contribution >= 0.6 is 11.6 Å². The molecule has 24 heavy (non-hydrogen) atoms. The first-order chi connectivity index (χ1) is 11.7. The molecule has 0 atom stereocenters. The number of halogens is 1. The topological polar surface area (TPSA) is 77.7 Å². The summed E-state index contributed by atoms with van der Waals surface area (Å²) in [6.45, 7) is 5.56. The predicted octanol–water partition coefficient (Wildman–Crippen LogP) is 3.87. The summed E-state index contributed by atoms with van der Waals surface area (Å²) in [5.41, 5.74) is 2.76. The first kappa shape index (κ1) is 16.5. The fraction of sp³-hybridized carbons (Fsp3) is 0.353. The minimum absolute atomic E-state index is 0.00247. The molecular weight excluding hydrogens is 326 g/mol. The molecule has 0 aliphatic heterocycles. The number of carbonyl (C=O) groups is 1. The van der Waals surface area contributed by atoms with Crippen molar-refractivity contribution in [1.82, 2.24) is 24.8 Å². The highest BCUT2D eigenvalue weighted by atomic mass is 35.5. The number of amides is 1. The van der Waals surface area contributed by atoms with Gasteiger partial charge in [-0.1, -0.05) is 24.9 Å². The summed E-state index contributed by atoms with van der Waals surface area (Å²) in [5.74, 6) is 0.00247. The highest BCUT2D eigenvalue weighted by molar-refractivity contribution is 6.36. The van der Waals surface area contributed by atoms with Crippen molar-refractivity contribution in [1.29, 1.82) is 0 Å². The van der Waals surface area contributed by atoms with E-state index in [2.05, 4.69) is 26.9 Å². The van der Waals surface area contributed by atoms with Crippen molar-refractivity contribution in [3.8, 4) is 11.3 Å². The maximum Gasteiger partial charge on any atom is 0.270 e. The van der Waals surface area contributed by atoms with Gasteiger partial charge in [0.1, 0.15) is 17.7 Å². The van der Waals surface area contributed by atoms with Crippen LogP contribution in [0.4, 0.5) is 0 Å². The lowest BCUT2D eigenvalue weighted by Gasteiger charge is -2.19. The van der Waals surface area contributed by atoms with E-state index in [9.17, 15) is 4.79 Å². The Labute approximate surface area is 145 Å². The Balaban J connectivity index is 1.92. The zero-order chi connectivity index (χ0) is 17.1. The molecule has 3 heterocycles. The predicted molar refractivity (Wildman–Crippen MR) is 95.2 cm³/mol. The zero-order valence-corrected chi connectivity index (χ0v) is 14.5. The van der Waals surface area contributed by atoms with Crippen LogP contribution in [0.15, 0.2) is 24.8 Å². The van der Waals surface area contributed by atoms with Gasteiger partial charge in [0.25, 0.3) is 5.91 Å². The van der Waals surface area contributed by atoms with Crippen molar-refractivity contribution >= 4 is 28.5 Å². The van der Waals surface area contributed by atoms with Gasteiger partial charge >= 0.3 is 0 Å². The number of H-pyrrole nitrogens is 2. The molecule has 0 aliphatic rings. The highest BCUT2D eigenvalue weighted by Gasteiger charge is 2.18. The third-order valence-electron chi connectivity index (χ3n) is 4.06. The Hall–Kier alpha value is -2.34. The molecule has 1 amide bonds. The normalized spacial score (nSPS) is 11.1. The SMILES string of the molecule is CCCCN(CC)C(=O)c1cc(-c2ncnc3[nH]cc(Cl)c23)c[nH]1. The summed E-state index contributed by atoms with van der Waals surface area (Å²) in [4.78, 5) is 29.1. The first-order valence-corrected chi connectivity index (χ1v) is 8.49. The van der Waals surface area contributed by atoms with E-state index in [1.807, 2.05) is 17.9 Å². The number of nitrogens with zero attached hydrogens (tertiary/aromatic N) is 3. The quantitative estimate of drug-likeness (QED) is 0.711. The van der Waals surface area contributed by atoms with Gasteiger partial charge in [-0.15, -0.1) is 0 Å². The zero-order valence-electron chi connectivity index (χ0n) is 13.8. The fourth-order valence-electron chi connectivity index (χ4n) is 2.72. The van der Waals surface area contributed by atoms with Crippen molar-refractivity contribution in [2.45, 2.75) is 26.7 Å². The van der Waals surface area contributed by atoms with E-state index in [0.717, 1.165) is 30.3 Å². The van der Waals surface area contributed by atoms with Gasteiger partial charge in [0, 0.05) is 31.0 Å².